The maximum atomic E-state index is 12.6. The van der Waals surface area contributed by atoms with Gasteiger partial charge in [0.1, 0.15) is 6.04 Å². The number of hydrogen-bond donors (Lipinski definition) is 2. The first-order valence-corrected chi connectivity index (χ1v) is 8.75. The minimum Gasteiger partial charge on any atom is -0.464 e. The number of ether oxygens (including phenoxy) is 1. The van der Waals surface area contributed by atoms with Crippen molar-refractivity contribution in [2.24, 2.45) is 0 Å². The molecule has 5 nitrogen and oxygen atoms in total. The number of nitrogens with one attached hydrogen (secondary N) is 2. The quantitative estimate of drug-likeness (QED) is 0.649. The molecule has 0 radical (unpaired) electrons. The largest absolute Gasteiger partial charge is 0.464 e. The van der Waals surface area contributed by atoms with Crippen molar-refractivity contribution in [1.82, 2.24) is 10.3 Å². The smallest absolute Gasteiger partial charge is 0.328 e. The van der Waals surface area contributed by atoms with E-state index in [1.165, 1.54) is 0 Å². The Balaban J connectivity index is 1.84. The van der Waals surface area contributed by atoms with Gasteiger partial charge in [0.05, 0.1) is 17.2 Å². The second kappa shape index (κ2) is 8.06. The lowest BCUT2D eigenvalue weighted by Crippen LogP contribution is -2.43. The molecule has 3 rings (SSSR count). The molecule has 1 amide bonds. The van der Waals surface area contributed by atoms with Crippen molar-refractivity contribution in [1.29, 1.82) is 0 Å². The van der Waals surface area contributed by atoms with Crippen LogP contribution in [0.15, 0.2) is 54.7 Å². The van der Waals surface area contributed by atoms with E-state index < -0.39 is 17.9 Å². The minimum atomic E-state index is -0.807. The zero-order valence-electron chi connectivity index (χ0n) is 14.3. The van der Waals surface area contributed by atoms with Crippen LogP contribution < -0.4 is 5.32 Å². The van der Waals surface area contributed by atoms with Crippen LogP contribution in [0.4, 0.5) is 0 Å². The molecule has 26 heavy (non-hydrogen) atoms. The number of rotatable bonds is 6. The van der Waals surface area contributed by atoms with Crippen LogP contribution in [0.1, 0.15) is 22.8 Å². The summed E-state index contributed by atoms with van der Waals surface area (Å²) in [6.07, 6.45) is 2.16. The van der Waals surface area contributed by atoms with Crippen LogP contribution in [0.5, 0.6) is 0 Å². The molecule has 0 saturated carbocycles. The van der Waals surface area contributed by atoms with Gasteiger partial charge in [-0.2, -0.15) is 0 Å². The number of H-pyrrole nitrogens is 1. The van der Waals surface area contributed by atoms with E-state index in [-0.39, 0.29) is 6.61 Å². The number of amides is 1. The topological polar surface area (TPSA) is 71.2 Å². The van der Waals surface area contributed by atoms with Gasteiger partial charge in [0.15, 0.2) is 0 Å². The molecular formula is C20H19ClN2O3. The highest BCUT2D eigenvalue weighted by Gasteiger charge is 2.25. The first kappa shape index (κ1) is 18.0. The van der Waals surface area contributed by atoms with Crippen LogP contribution >= 0.6 is 11.6 Å². The molecule has 0 bridgehead atoms. The van der Waals surface area contributed by atoms with E-state index in [0.29, 0.717) is 17.0 Å². The Morgan fingerprint density at radius 1 is 1.15 bits per heavy atom. The summed E-state index contributed by atoms with van der Waals surface area (Å²) in [5, 5.41) is 4.09. The lowest BCUT2D eigenvalue weighted by atomic mass is 10.0. The molecule has 1 heterocycles. The molecule has 0 saturated heterocycles. The fourth-order valence-corrected chi connectivity index (χ4v) is 3.06. The fourth-order valence-electron chi connectivity index (χ4n) is 2.84. The first-order valence-electron chi connectivity index (χ1n) is 8.37. The number of aromatic amines is 1. The first-order chi connectivity index (χ1) is 12.6. The third-order valence-corrected chi connectivity index (χ3v) is 4.42. The van der Waals surface area contributed by atoms with E-state index in [0.717, 1.165) is 16.5 Å². The van der Waals surface area contributed by atoms with Crippen molar-refractivity contribution in [3.63, 3.8) is 0 Å². The Morgan fingerprint density at radius 2 is 1.88 bits per heavy atom. The lowest BCUT2D eigenvalue weighted by Gasteiger charge is -2.17. The number of benzene rings is 2. The van der Waals surface area contributed by atoms with Crippen molar-refractivity contribution in [3.8, 4) is 0 Å². The Kier molecular flexibility index (Phi) is 5.58. The molecule has 3 aromatic rings. The maximum Gasteiger partial charge on any atom is 0.328 e. The number of fused-ring (bicyclic) bond motifs is 1. The normalized spacial score (nSPS) is 11.9. The van der Waals surface area contributed by atoms with Gasteiger partial charge in [-0.3, -0.25) is 4.79 Å². The number of hydrogen-bond acceptors (Lipinski definition) is 3. The van der Waals surface area contributed by atoms with Gasteiger partial charge in [-0.15, -0.1) is 0 Å². The molecule has 134 valence electrons. The Labute approximate surface area is 156 Å². The van der Waals surface area contributed by atoms with Crippen LogP contribution in [-0.2, 0) is 16.0 Å². The van der Waals surface area contributed by atoms with E-state index in [1.54, 1.807) is 31.2 Å². The van der Waals surface area contributed by atoms with E-state index in [9.17, 15) is 9.59 Å². The second-order valence-electron chi connectivity index (χ2n) is 5.82. The summed E-state index contributed by atoms with van der Waals surface area (Å²) < 4.78 is 5.14. The number of aromatic nitrogens is 1. The zero-order valence-corrected chi connectivity index (χ0v) is 15.0. The highest BCUT2D eigenvalue weighted by Crippen LogP contribution is 2.20. The molecule has 2 aromatic carbocycles. The third kappa shape index (κ3) is 3.89. The highest BCUT2D eigenvalue weighted by atomic mass is 35.5. The number of esters is 1. The van der Waals surface area contributed by atoms with Gasteiger partial charge in [0.25, 0.3) is 5.91 Å². The summed E-state index contributed by atoms with van der Waals surface area (Å²) in [5.74, 6) is -0.883. The van der Waals surface area contributed by atoms with Crippen LogP contribution in [0.3, 0.4) is 0 Å². The van der Waals surface area contributed by atoms with E-state index in [2.05, 4.69) is 10.3 Å². The molecule has 2 N–H and O–H groups in total. The van der Waals surface area contributed by atoms with Gasteiger partial charge in [0.2, 0.25) is 0 Å². The molecular weight excluding hydrogens is 352 g/mol. The van der Waals surface area contributed by atoms with Crippen molar-refractivity contribution < 1.29 is 14.3 Å². The van der Waals surface area contributed by atoms with Gasteiger partial charge in [-0.05, 0) is 30.7 Å². The standard InChI is InChI=1S/C20H19ClN2O3/c1-2-26-20(25)18(23-19(24)15-8-3-5-9-16(15)21)11-13-12-22-17-10-6-4-7-14(13)17/h3-10,12,18,22H,2,11H2,1H3,(H,23,24)/t18-/m1/s1. The number of carbonyl (C=O) groups excluding carboxylic acids is 2. The number of para-hydroxylation sites is 1. The maximum absolute atomic E-state index is 12.6. The lowest BCUT2D eigenvalue weighted by molar-refractivity contribution is -0.145. The van der Waals surface area contributed by atoms with Crippen LogP contribution in [0.25, 0.3) is 10.9 Å². The summed E-state index contributed by atoms with van der Waals surface area (Å²) in [6.45, 7) is 1.97. The molecule has 0 unspecified atom stereocenters. The predicted molar refractivity (Wildman–Crippen MR) is 101 cm³/mol. The third-order valence-electron chi connectivity index (χ3n) is 4.09. The van der Waals surface area contributed by atoms with Crippen molar-refractivity contribution in [2.75, 3.05) is 6.61 Å². The summed E-state index contributed by atoms with van der Waals surface area (Å²) in [5.41, 5.74) is 2.23. The van der Waals surface area contributed by atoms with E-state index in [4.69, 9.17) is 16.3 Å². The molecule has 0 aliphatic rings. The van der Waals surface area contributed by atoms with Gasteiger partial charge < -0.3 is 15.0 Å². The van der Waals surface area contributed by atoms with Gasteiger partial charge in [0, 0.05) is 23.5 Å². The number of halogens is 1. The average molecular weight is 371 g/mol. The van der Waals surface area contributed by atoms with Crippen LogP contribution in [-0.4, -0.2) is 29.5 Å². The van der Waals surface area contributed by atoms with Crippen LogP contribution in [0.2, 0.25) is 5.02 Å². The molecule has 1 aromatic heterocycles. The SMILES string of the molecule is CCOC(=O)[C@@H](Cc1c[nH]c2ccccc12)NC(=O)c1ccccc1Cl. The molecule has 0 aliphatic carbocycles. The van der Waals surface area contributed by atoms with Crippen molar-refractivity contribution >= 4 is 34.4 Å². The van der Waals surface area contributed by atoms with Crippen molar-refractivity contribution in [3.05, 3.63) is 70.9 Å². The van der Waals surface area contributed by atoms with E-state index >= 15 is 0 Å². The van der Waals surface area contributed by atoms with E-state index in [1.807, 2.05) is 30.5 Å². The minimum absolute atomic E-state index is 0.241. The van der Waals surface area contributed by atoms with Gasteiger partial charge in [-0.25, -0.2) is 4.79 Å². The summed E-state index contributed by atoms with van der Waals surface area (Å²) in [6, 6.07) is 13.7. The van der Waals surface area contributed by atoms with Crippen molar-refractivity contribution in [2.45, 2.75) is 19.4 Å². The highest BCUT2D eigenvalue weighted by molar-refractivity contribution is 6.33. The number of carbonyl (C=O) groups is 2. The molecule has 0 aliphatic heterocycles. The molecule has 0 fully saturated rings. The zero-order chi connectivity index (χ0) is 18.5. The fraction of sp³-hybridized carbons (Fsp3) is 0.200. The Morgan fingerprint density at radius 3 is 2.65 bits per heavy atom. The summed E-state index contributed by atoms with van der Waals surface area (Å²) in [7, 11) is 0. The van der Waals surface area contributed by atoms with Crippen LogP contribution in [0, 0.1) is 0 Å². The van der Waals surface area contributed by atoms with Gasteiger partial charge in [-0.1, -0.05) is 41.9 Å². The summed E-state index contributed by atoms with van der Waals surface area (Å²) >= 11 is 6.08. The Hall–Kier alpha value is -2.79. The predicted octanol–water partition coefficient (Wildman–Crippen LogP) is 3.73. The second-order valence-corrected chi connectivity index (χ2v) is 6.23. The average Bonchev–Trinajstić information content (AvgIpc) is 3.05. The molecule has 6 heteroatoms. The van der Waals surface area contributed by atoms with Gasteiger partial charge >= 0.3 is 5.97 Å². The molecule has 0 spiro atoms. The Bertz CT molecular complexity index is 935. The monoisotopic (exact) mass is 370 g/mol. The molecule has 1 atom stereocenters. The summed E-state index contributed by atoms with van der Waals surface area (Å²) in [4.78, 5) is 28.1.